The molecule has 2 aliphatic rings. The fourth-order valence-corrected chi connectivity index (χ4v) is 6.90. The van der Waals surface area contributed by atoms with Gasteiger partial charge in [0.05, 0.1) is 16.5 Å². The standard InChI is InChI=1S/C22H20ClF2N3O4S/c1-21(12-33(31,32)22(7-2-8-22)19(28-21)27-20(29)30)15-9-13(3-5-16(15)24)10-17(25)18-6-4-14(23)11-26-18/h3-6,9-11H,2,7-8,12H2,1H3,(H,27,28)(H,29,30). The zero-order chi connectivity index (χ0) is 24.0. The summed E-state index contributed by atoms with van der Waals surface area (Å²) in [6.07, 6.45) is 2.07. The number of aliphatic imine (C=N–C) groups is 1. The summed E-state index contributed by atoms with van der Waals surface area (Å²) in [4.78, 5) is 19.6. The summed E-state index contributed by atoms with van der Waals surface area (Å²) in [5.74, 6) is -2.14. The van der Waals surface area contributed by atoms with Gasteiger partial charge in [0, 0.05) is 11.8 Å². The van der Waals surface area contributed by atoms with Crippen LogP contribution in [0, 0.1) is 5.82 Å². The first-order valence-electron chi connectivity index (χ1n) is 10.1. The molecule has 2 N–H and O–H groups in total. The number of nitrogens with zero attached hydrogens (tertiary/aromatic N) is 2. The van der Waals surface area contributed by atoms with E-state index in [1.807, 2.05) is 0 Å². The maximum Gasteiger partial charge on any atom is 0.410 e. The SMILES string of the molecule is CC1(c2cc(C=C(F)c3ccc(Cl)cn3)ccc2F)CS(=O)(=O)C2(CCC2)C(NC(=O)O)=N1. The molecule has 0 radical (unpaired) electrons. The molecule has 1 aliphatic carbocycles. The van der Waals surface area contributed by atoms with Gasteiger partial charge in [0.2, 0.25) is 0 Å². The molecule has 1 spiro atoms. The topological polar surface area (TPSA) is 109 Å². The smallest absolute Gasteiger partial charge is 0.410 e. The molecule has 2 heterocycles. The van der Waals surface area contributed by atoms with Crippen LogP contribution in [-0.4, -0.2) is 40.9 Å². The number of hydrogen-bond acceptors (Lipinski definition) is 5. The van der Waals surface area contributed by atoms with Crippen molar-refractivity contribution >= 4 is 45.3 Å². The number of amides is 1. The third kappa shape index (κ3) is 4.13. The van der Waals surface area contributed by atoms with E-state index in [4.69, 9.17) is 11.6 Å². The van der Waals surface area contributed by atoms with Gasteiger partial charge in [0.15, 0.2) is 9.84 Å². The van der Waals surface area contributed by atoms with Gasteiger partial charge >= 0.3 is 6.09 Å². The molecule has 1 aromatic heterocycles. The first-order valence-corrected chi connectivity index (χ1v) is 12.1. The van der Waals surface area contributed by atoms with Crippen molar-refractivity contribution in [1.29, 1.82) is 0 Å². The molecule has 1 atom stereocenters. The van der Waals surface area contributed by atoms with Crippen LogP contribution in [0.5, 0.6) is 0 Å². The van der Waals surface area contributed by atoms with Crippen molar-refractivity contribution in [3.05, 3.63) is 64.2 Å². The maximum absolute atomic E-state index is 14.9. The van der Waals surface area contributed by atoms with E-state index in [2.05, 4.69) is 15.3 Å². The number of aromatic nitrogens is 1. The minimum absolute atomic E-state index is 0.0228. The Morgan fingerprint density at radius 3 is 2.58 bits per heavy atom. The average Bonchev–Trinajstić information content (AvgIpc) is 2.67. The Balaban J connectivity index is 1.79. The minimum atomic E-state index is -3.87. The molecular weight excluding hydrogens is 476 g/mol. The number of sulfone groups is 1. The van der Waals surface area contributed by atoms with Crippen LogP contribution < -0.4 is 5.32 Å². The number of pyridine rings is 1. The summed E-state index contributed by atoms with van der Waals surface area (Å²) in [5.41, 5.74) is -1.42. The van der Waals surface area contributed by atoms with Gasteiger partial charge in [-0.15, -0.1) is 0 Å². The fourth-order valence-electron chi connectivity index (χ4n) is 4.25. The predicted molar refractivity (Wildman–Crippen MR) is 121 cm³/mol. The lowest BCUT2D eigenvalue weighted by molar-refractivity contribution is 0.199. The van der Waals surface area contributed by atoms with Crippen LogP contribution in [0.15, 0.2) is 41.5 Å². The molecule has 0 bridgehead atoms. The molecule has 1 aromatic carbocycles. The van der Waals surface area contributed by atoms with Crippen LogP contribution in [-0.2, 0) is 15.4 Å². The van der Waals surface area contributed by atoms with Gasteiger partial charge in [-0.3, -0.25) is 15.3 Å². The number of amidine groups is 1. The third-order valence-corrected chi connectivity index (χ3v) is 9.04. The van der Waals surface area contributed by atoms with E-state index in [1.165, 1.54) is 37.4 Å². The molecule has 174 valence electrons. The zero-order valence-corrected chi connectivity index (χ0v) is 19.1. The lowest BCUT2D eigenvalue weighted by Gasteiger charge is -2.47. The predicted octanol–water partition coefficient (Wildman–Crippen LogP) is 4.57. The highest BCUT2D eigenvalue weighted by atomic mass is 35.5. The Kier molecular flexibility index (Phi) is 5.78. The zero-order valence-electron chi connectivity index (χ0n) is 17.5. The van der Waals surface area contributed by atoms with Crippen molar-refractivity contribution in [2.45, 2.75) is 36.5 Å². The van der Waals surface area contributed by atoms with Gasteiger partial charge in [0.25, 0.3) is 0 Å². The first-order chi connectivity index (χ1) is 15.5. The van der Waals surface area contributed by atoms with Gasteiger partial charge in [-0.05, 0) is 62.1 Å². The molecule has 4 rings (SSSR count). The highest BCUT2D eigenvalue weighted by Gasteiger charge is 2.59. The van der Waals surface area contributed by atoms with Crippen molar-refractivity contribution in [3.8, 4) is 0 Å². The number of carboxylic acid groups (broad SMARTS) is 1. The van der Waals surface area contributed by atoms with Crippen LogP contribution in [0.4, 0.5) is 13.6 Å². The Labute approximate surface area is 194 Å². The van der Waals surface area contributed by atoms with Gasteiger partial charge in [-0.2, -0.15) is 0 Å². The molecule has 2 aromatic rings. The van der Waals surface area contributed by atoms with Crippen LogP contribution in [0.1, 0.15) is 43.0 Å². The summed E-state index contributed by atoms with van der Waals surface area (Å²) < 4.78 is 54.6. The number of carbonyl (C=O) groups is 1. The second-order valence-corrected chi connectivity index (χ2v) is 11.1. The summed E-state index contributed by atoms with van der Waals surface area (Å²) in [6, 6.07) is 6.60. The second-order valence-electron chi connectivity index (χ2n) is 8.36. The molecule has 7 nitrogen and oxygen atoms in total. The number of nitrogens with one attached hydrogen (secondary N) is 1. The van der Waals surface area contributed by atoms with E-state index < -0.39 is 43.6 Å². The number of benzene rings is 1. The molecule has 0 saturated heterocycles. The second kappa shape index (κ2) is 8.18. The summed E-state index contributed by atoms with van der Waals surface area (Å²) in [6.45, 7) is 1.42. The van der Waals surface area contributed by atoms with Crippen LogP contribution in [0.25, 0.3) is 11.9 Å². The molecule has 1 saturated carbocycles. The van der Waals surface area contributed by atoms with E-state index >= 15 is 0 Å². The number of rotatable bonds is 3. The normalized spacial score (nSPS) is 23.5. The van der Waals surface area contributed by atoms with Crippen molar-refractivity contribution in [1.82, 2.24) is 10.3 Å². The van der Waals surface area contributed by atoms with Gasteiger partial charge in [0.1, 0.15) is 27.8 Å². The fraction of sp³-hybridized carbons (Fsp3) is 0.318. The molecule has 11 heteroatoms. The molecule has 1 aliphatic heterocycles. The average molecular weight is 496 g/mol. The van der Waals surface area contributed by atoms with Crippen molar-refractivity contribution in [2.24, 2.45) is 4.99 Å². The van der Waals surface area contributed by atoms with E-state index in [-0.39, 0.29) is 35.5 Å². The van der Waals surface area contributed by atoms with Crippen molar-refractivity contribution in [2.75, 3.05) is 5.75 Å². The lowest BCUT2D eigenvalue weighted by atomic mass is 9.81. The van der Waals surface area contributed by atoms with Gasteiger partial charge in [-0.25, -0.2) is 22.0 Å². The Morgan fingerprint density at radius 2 is 2.00 bits per heavy atom. The monoisotopic (exact) mass is 495 g/mol. The lowest BCUT2D eigenvalue weighted by Crippen LogP contribution is -2.63. The number of hydrogen-bond donors (Lipinski definition) is 2. The highest BCUT2D eigenvalue weighted by molar-refractivity contribution is 7.93. The first kappa shape index (κ1) is 23.3. The van der Waals surface area contributed by atoms with Crippen LogP contribution in [0.3, 0.4) is 0 Å². The van der Waals surface area contributed by atoms with E-state index in [1.54, 1.807) is 0 Å². The van der Waals surface area contributed by atoms with E-state index in [9.17, 15) is 27.1 Å². The quantitative estimate of drug-likeness (QED) is 0.648. The van der Waals surface area contributed by atoms with E-state index in [0.717, 1.165) is 12.1 Å². The Morgan fingerprint density at radius 1 is 1.27 bits per heavy atom. The van der Waals surface area contributed by atoms with Gasteiger partial charge in [-0.1, -0.05) is 17.7 Å². The van der Waals surface area contributed by atoms with Crippen LogP contribution >= 0.6 is 11.6 Å². The summed E-state index contributed by atoms with van der Waals surface area (Å²) in [5, 5.41) is 11.7. The molecular formula is C22H20ClF2N3O4S. The molecule has 1 amide bonds. The third-order valence-electron chi connectivity index (χ3n) is 6.08. The molecule has 33 heavy (non-hydrogen) atoms. The largest absolute Gasteiger partial charge is 0.465 e. The van der Waals surface area contributed by atoms with E-state index in [0.29, 0.717) is 11.4 Å². The van der Waals surface area contributed by atoms with Crippen LogP contribution in [0.2, 0.25) is 5.02 Å². The maximum atomic E-state index is 14.9. The van der Waals surface area contributed by atoms with Gasteiger partial charge < -0.3 is 5.11 Å². The van der Waals surface area contributed by atoms with Crippen molar-refractivity contribution < 1.29 is 27.1 Å². The van der Waals surface area contributed by atoms with Crippen molar-refractivity contribution in [3.63, 3.8) is 0 Å². The summed E-state index contributed by atoms with van der Waals surface area (Å²) in [7, 11) is -3.87. The highest BCUT2D eigenvalue weighted by Crippen LogP contribution is 2.47. The Bertz CT molecular complexity index is 1290. The Hall–Kier alpha value is -2.85. The molecule has 1 unspecified atom stereocenters. The summed E-state index contributed by atoms with van der Waals surface area (Å²) >= 11 is 5.77. The number of halogens is 3. The minimum Gasteiger partial charge on any atom is -0.465 e. The molecule has 1 fully saturated rings.